The smallest absolute Gasteiger partial charge is 0.0743 e. The third-order valence-electron chi connectivity index (χ3n) is 3.43. The van der Waals surface area contributed by atoms with Gasteiger partial charge in [0.2, 0.25) is 0 Å². The number of aliphatic hydroxyl groups is 1. The monoisotopic (exact) mass is 337 g/mol. The first-order valence-corrected chi connectivity index (χ1v) is 7.53. The van der Waals surface area contributed by atoms with Gasteiger partial charge in [-0.15, -0.1) is 0 Å². The molecular formula is C15H20BrN3O. The van der Waals surface area contributed by atoms with Crippen LogP contribution in [0.1, 0.15) is 20.3 Å². The fourth-order valence-electron chi connectivity index (χ4n) is 2.24. The van der Waals surface area contributed by atoms with Crippen molar-refractivity contribution >= 4 is 38.2 Å². The molecule has 0 radical (unpaired) electrons. The van der Waals surface area contributed by atoms with Crippen LogP contribution in [0.2, 0.25) is 0 Å². The van der Waals surface area contributed by atoms with Gasteiger partial charge in [0, 0.05) is 22.5 Å². The van der Waals surface area contributed by atoms with Crippen LogP contribution >= 0.6 is 15.9 Å². The highest BCUT2D eigenvalue weighted by Crippen LogP contribution is 2.31. The molecule has 0 aliphatic carbocycles. The molecule has 1 aromatic carbocycles. The molecule has 0 fully saturated rings. The average Bonchev–Trinajstić information content (AvgIpc) is 2.40. The highest BCUT2D eigenvalue weighted by atomic mass is 79.9. The zero-order valence-electron chi connectivity index (χ0n) is 11.7. The standard InChI is InChI=1S/C15H20BrN3O/c1-9(2)13(5-6-20)19-15-11-7-10(16)3-4-14(11)18-8-12(15)17/h3-4,7-9,13,20H,5-6,17H2,1-2H3,(H,18,19). The molecule has 20 heavy (non-hydrogen) atoms. The van der Waals surface area contributed by atoms with Gasteiger partial charge >= 0.3 is 0 Å². The second-order valence-electron chi connectivity index (χ2n) is 5.26. The third kappa shape index (κ3) is 3.22. The van der Waals surface area contributed by atoms with Crippen molar-refractivity contribution in [1.29, 1.82) is 0 Å². The van der Waals surface area contributed by atoms with Crippen LogP contribution < -0.4 is 11.1 Å². The Morgan fingerprint density at radius 2 is 2.15 bits per heavy atom. The Morgan fingerprint density at radius 3 is 2.80 bits per heavy atom. The van der Waals surface area contributed by atoms with Crippen LogP contribution in [0.25, 0.3) is 10.9 Å². The molecule has 1 unspecified atom stereocenters. The lowest BCUT2D eigenvalue weighted by Gasteiger charge is -2.24. The molecule has 5 heteroatoms. The zero-order chi connectivity index (χ0) is 14.7. The predicted molar refractivity (Wildman–Crippen MR) is 87.8 cm³/mol. The number of rotatable bonds is 5. The number of hydrogen-bond acceptors (Lipinski definition) is 4. The van der Waals surface area contributed by atoms with E-state index in [2.05, 4.69) is 40.1 Å². The van der Waals surface area contributed by atoms with E-state index < -0.39 is 0 Å². The van der Waals surface area contributed by atoms with Crippen LogP contribution in [0.15, 0.2) is 28.9 Å². The molecule has 0 aliphatic heterocycles. The van der Waals surface area contributed by atoms with Crippen molar-refractivity contribution in [3.05, 3.63) is 28.9 Å². The molecule has 4 nitrogen and oxygen atoms in total. The number of anilines is 2. The topological polar surface area (TPSA) is 71.2 Å². The molecule has 0 saturated carbocycles. The molecule has 1 aromatic heterocycles. The molecule has 2 rings (SSSR count). The summed E-state index contributed by atoms with van der Waals surface area (Å²) < 4.78 is 0.990. The lowest BCUT2D eigenvalue weighted by atomic mass is 10.0. The summed E-state index contributed by atoms with van der Waals surface area (Å²) in [6.45, 7) is 4.41. The number of nitrogens with two attached hydrogens (primary N) is 1. The summed E-state index contributed by atoms with van der Waals surface area (Å²) >= 11 is 3.48. The number of benzene rings is 1. The fraction of sp³-hybridized carbons (Fsp3) is 0.400. The summed E-state index contributed by atoms with van der Waals surface area (Å²) in [4.78, 5) is 4.35. The van der Waals surface area contributed by atoms with E-state index in [0.29, 0.717) is 18.0 Å². The van der Waals surface area contributed by atoms with Gasteiger partial charge in [-0.3, -0.25) is 4.98 Å². The van der Waals surface area contributed by atoms with Crippen molar-refractivity contribution in [2.45, 2.75) is 26.3 Å². The van der Waals surface area contributed by atoms with Crippen LogP contribution in [0.3, 0.4) is 0 Å². The third-order valence-corrected chi connectivity index (χ3v) is 3.93. The van der Waals surface area contributed by atoms with E-state index >= 15 is 0 Å². The van der Waals surface area contributed by atoms with Gasteiger partial charge < -0.3 is 16.2 Å². The second kappa shape index (κ2) is 6.41. The number of pyridine rings is 1. The van der Waals surface area contributed by atoms with E-state index in [0.717, 1.165) is 21.1 Å². The average molecular weight is 338 g/mol. The van der Waals surface area contributed by atoms with E-state index in [9.17, 15) is 5.11 Å². The van der Waals surface area contributed by atoms with Crippen molar-refractivity contribution in [3.8, 4) is 0 Å². The van der Waals surface area contributed by atoms with Crippen molar-refractivity contribution in [3.63, 3.8) is 0 Å². The molecule has 0 saturated heterocycles. The quantitative estimate of drug-likeness (QED) is 0.781. The Morgan fingerprint density at radius 1 is 1.40 bits per heavy atom. The normalized spacial score (nSPS) is 12.8. The van der Waals surface area contributed by atoms with Gasteiger partial charge in [-0.2, -0.15) is 0 Å². The second-order valence-corrected chi connectivity index (χ2v) is 6.17. The summed E-state index contributed by atoms with van der Waals surface area (Å²) in [5, 5.41) is 13.7. The first-order chi connectivity index (χ1) is 9.52. The number of fused-ring (bicyclic) bond motifs is 1. The van der Waals surface area contributed by atoms with E-state index in [1.807, 2.05) is 18.2 Å². The molecule has 0 aliphatic rings. The maximum Gasteiger partial charge on any atom is 0.0743 e. The van der Waals surface area contributed by atoms with Gasteiger partial charge in [0.15, 0.2) is 0 Å². The van der Waals surface area contributed by atoms with E-state index in [1.165, 1.54) is 0 Å². The minimum atomic E-state index is 0.155. The van der Waals surface area contributed by atoms with Crippen molar-refractivity contribution in [1.82, 2.24) is 4.98 Å². The number of nitrogens with zero attached hydrogens (tertiary/aromatic N) is 1. The van der Waals surface area contributed by atoms with E-state index in [1.54, 1.807) is 6.20 Å². The fourth-order valence-corrected chi connectivity index (χ4v) is 2.60. The van der Waals surface area contributed by atoms with Gasteiger partial charge in [-0.1, -0.05) is 29.8 Å². The number of nitrogen functional groups attached to an aromatic ring is 1. The lowest BCUT2D eigenvalue weighted by molar-refractivity contribution is 0.267. The van der Waals surface area contributed by atoms with Crippen molar-refractivity contribution in [2.24, 2.45) is 5.92 Å². The first-order valence-electron chi connectivity index (χ1n) is 6.74. The first kappa shape index (κ1) is 15.1. The Kier molecular flexibility index (Phi) is 4.83. The van der Waals surface area contributed by atoms with Gasteiger partial charge in [0.05, 0.1) is 23.1 Å². The van der Waals surface area contributed by atoms with Crippen LogP contribution in [0.5, 0.6) is 0 Å². The summed E-state index contributed by atoms with van der Waals surface area (Å²) in [6.07, 6.45) is 2.36. The van der Waals surface area contributed by atoms with E-state index in [4.69, 9.17) is 5.73 Å². The minimum Gasteiger partial charge on any atom is -0.396 e. The van der Waals surface area contributed by atoms with Gasteiger partial charge in [-0.05, 0) is 30.5 Å². The largest absolute Gasteiger partial charge is 0.396 e. The number of aromatic nitrogens is 1. The molecule has 0 bridgehead atoms. The summed E-state index contributed by atoms with van der Waals surface area (Å²) in [6, 6.07) is 6.10. The van der Waals surface area contributed by atoms with Crippen molar-refractivity contribution in [2.75, 3.05) is 17.7 Å². The maximum absolute atomic E-state index is 9.20. The maximum atomic E-state index is 9.20. The molecule has 1 heterocycles. The lowest BCUT2D eigenvalue weighted by Crippen LogP contribution is -2.27. The number of hydrogen-bond donors (Lipinski definition) is 3. The van der Waals surface area contributed by atoms with Crippen LogP contribution in [0, 0.1) is 5.92 Å². The van der Waals surface area contributed by atoms with Crippen LogP contribution in [0.4, 0.5) is 11.4 Å². The summed E-state index contributed by atoms with van der Waals surface area (Å²) in [5.74, 6) is 0.400. The Hall–Kier alpha value is -1.33. The van der Waals surface area contributed by atoms with E-state index in [-0.39, 0.29) is 12.6 Å². The molecule has 1 atom stereocenters. The molecule has 4 N–H and O–H groups in total. The van der Waals surface area contributed by atoms with Crippen molar-refractivity contribution < 1.29 is 5.11 Å². The number of aliphatic hydroxyl groups excluding tert-OH is 1. The minimum absolute atomic E-state index is 0.155. The SMILES string of the molecule is CC(C)C(CCO)Nc1c(N)cnc2ccc(Br)cc12. The predicted octanol–water partition coefficient (Wildman–Crippen LogP) is 3.40. The molecule has 0 amide bonds. The number of halogens is 1. The molecule has 0 spiro atoms. The molecule has 2 aromatic rings. The zero-order valence-corrected chi connectivity index (χ0v) is 13.3. The Bertz CT molecular complexity index is 596. The van der Waals surface area contributed by atoms with Gasteiger partial charge in [-0.25, -0.2) is 0 Å². The molecule has 108 valence electrons. The summed E-state index contributed by atoms with van der Waals surface area (Å²) in [5.41, 5.74) is 8.49. The Balaban J connectivity index is 2.46. The Labute approximate surface area is 127 Å². The van der Waals surface area contributed by atoms with Gasteiger partial charge in [0.1, 0.15) is 0 Å². The summed E-state index contributed by atoms with van der Waals surface area (Å²) in [7, 11) is 0. The van der Waals surface area contributed by atoms with Crippen LogP contribution in [-0.2, 0) is 0 Å². The molecular weight excluding hydrogens is 318 g/mol. The van der Waals surface area contributed by atoms with Crippen LogP contribution in [-0.4, -0.2) is 22.7 Å². The highest BCUT2D eigenvalue weighted by molar-refractivity contribution is 9.10. The number of nitrogens with one attached hydrogen (secondary N) is 1. The highest BCUT2D eigenvalue weighted by Gasteiger charge is 2.16. The van der Waals surface area contributed by atoms with Gasteiger partial charge in [0.25, 0.3) is 0 Å².